The first-order valence-corrected chi connectivity index (χ1v) is 11.5. The molecule has 3 aromatic carbocycles. The zero-order chi connectivity index (χ0) is 22.2. The van der Waals surface area contributed by atoms with Crippen molar-refractivity contribution in [1.29, 1.82) is 0 Å². The lowest BCUT2D eigenvalue weighted by Crippen LogP contribution is -2.07. The number of amides is 1. The van der Waals surface area contributed by atoms with E-state index in [4.69, 9.17) is 21.1 Å². The van der Waals surface area contributed by atoms with Crippen molar-refractivity contribution in [3.05, 3.63) is 91.8 Å². The Morgan fingerprint density at radius 1 is 1.06 bits per heavy atom. The van der Waals surface area contributed by atoms with Crippen LogP contribution in [0, 0.1) is 0 Å². The van der Waals surface area contributed by atoms with E-state index in [0.29, 0.717) is 35.4 Å². The highest BCUT2D eigenvalue weighted by Gasteiger charge is 2.13. The van der Waals surface area contributed by atoms with Gasteiger partial charge < -0.3 is 14.8 Å². The van der Waals surface area contributed by atoms with Gasteiger partial charge in [-0.3, -0.25) is 4.79 Å². The third-order valence-electron chi connectivity index (χ3n) is 4.18. The molecule has 31 heavy (non-hydrogen) atoms. The van der Waals surface area contributed by atoms with Gasteiger partial charge in [0.1, 0.15) is 6.61 Å². The predicted octanol–water partition coefficient (Wildman–Crippen LogP) is 7.49. The molecule has 0 bridgehead atoms. The van der Waals surface area contributed by atoms with Crippen LogP contribution < -0.4 is 14.8 Å². The molecule has 0 aliphatic rings. The summed E-state index contributed by atoms with van der Waals surface area (Å²) in [7, 11) is 0. The Hall–Kier alpha value is -2.28. The van der Waals surface area contributed by atoms with E-state index >= 15 is 0 Å². The molecule has 0 aliphatic carbocycles. The van der Waals surface area contributed by atoms with Gasteiger partial charge in [0, 0.05) is 26.8 Å². The molecule has 0 radical (unpaired) electrons. The summed E-state index contributed by atoms with van der Waals surface area (Å²) >= 11 is 13.2. The molecule has 0 aliphatic heterocycles. The summed E-state index contributed by atoms with van der Waals surface area (Å²) in [5.41, 5.74) is 2.39. The number of rotatable bonds is 8. The maximum absolute atomic E-state index is 12.3. The highest BCUT2D eigenvalue weighted by Crippen LogP contribution is 2.38. The number of anilines is 1. The number of carbonyl (C=O) groups is 1. The molecule has 3 rings (SSSR count). The Labute approximate surface area is 203 Å². The van der Waals surface area contributed by atoms with Gasteiger partial charge in [-0.25, -0.2) is 0 Å². The topological polar surface area (TPSA) is 47.6 Å². The smallest absolute Gasteiger partial charge is 0.248 e. The van der Waals surface area contributed by atoms with Crippen LogP contribution >= 0.6 is 43.5 Å². The van der Waals surface area contributed by atoms with E-state index in [9.17, 15) is 4.79 Å². The van der Waals surface area contributed by atoms with Crippen molar-refractivity contribution in [2.45, 2.75) is 13.5 Å². The summed E-state index contributed by atoms with van der Waals surface area (Å²) in [5, 5.41) is 3.47. The number of halogens is 3. The lowest BCUT2D eigenvalue weighted by Gasteiger charge is -2.15. The zero-order valence-corrected chi connectivity index (χ0v) is 20.6. The van der Waals surface area contributed by atoms with E-state index in [0.717, 1.165) is 20.1 Å². The number of carbonyl (C=O) groups excluding carboxylic acids is 1. The average molecular weight is 566 g/mol. The fourth-order valence-corrected chi connectivity index (χ4v) is 3.94. The highest BCUT2D eigenvalue weighted by atomic mass is 79.9. The van der Waals surface area contributed by atoms with Crippen molar-refractivity contribution in [2.24, 2.45) is 0 Å². The third kappa shape index (κ3) is 6.86. The molecule has 160 valence electrons. The van der Waals surface area contributed by atoms with Crippen LogP contribution in [0.15, 0.2) is 75.7 Å². The number of benzene rings is 3. The molecule has 1 amide bonds. The van der Waals surface area contributed by atoms with Crippen molar-refractivity contribution in [2.75, 3.05) is 11.9 Å². The second-order valence-electron chi connectivity index (χ2n) is 6.48. The number of hydrogen-bond acceptors (Lipinski definition) is 3. The number of nitrogens with one attached hydrogen (secondary N) is 1. The van der Waals surface area contributed by atoms with Crippen molar-refractivity contribution < 1.29 is 14.3 Å². The molecule has 0 saturated heterocycles. The first-order chi connectivity index (χ1) is 15.0. The Bertz CT molecular complexity index is 1100. The van der Waals surface area contributed by atoms with Crippen LogP contribution in [0.3, 0.4) is 0 Å². The zero-order valence-electron chi connectivity index (χ0n) is 16.7. The molecule has 0 fully saturated rings. The molecule has 0 heterocycles. The second-order valence-corrected chi connectivity index (χ2v) is 8.65. The molecule has 0 aromatic heterocycles. The quantitative estimate of drug-likeness (QED) is 0.288. The molecule has 4 nitrogen and oxygen atoms in total. The first-order valence-electron chi connectivity index (χ1n) is 9.53. The van der Waals surface area contributed by atoms with Gasteiger partial charge in [0.2, 0.25) is 5.91 Å². The summed E-state index contributed by atoms with van der Waals surface area (Å²) < 4.78 is 13.4. The summed E-state index contributed by atoms with van der Waals surface area (Å²) in [6.07, 6.45) is 3.20. The number of ether oxygens (including phenoxy) is 2. The largest absolute Gasteiger partial charge is 0.490 e. The van der Waals surface area contributed by atoms with Crippen molar-refractivity contribution in [3.8, 4) is 11.5 Å². The molecule has 3 aromatic rings. The predicted molar refractivity (Wildman–Crippen MR) is 133 cm³/mol. The standard InChI is InChI=1S/C24H20Br2ClNO3/c1-2-30-22-13-16(10-11-23(29)28-19-8-5-7-18(25)14-19)12-20(26)24(22)31-15-17-6-3-4-9-21(17)27/h3-14H,2,15H2,1H3,(H,28,29)/b11-10+. The molecule has 0 unspecified atom stereocenters. The van der Waals surface area contributed by atoms with Gasteiger partial charge >= 0.3 is 0 Å². The summed E-state index contributed by atoms with van der Waals surface area (Å²) in [6.45, 7) is 2.69. The summed E-state index contributed by atoms with van der Waals surface area (Å²) in [4.78, 5) is 12.3. The van der Waals surface area contributed by atoms with Crippen LogP contribution in [0.25, 0.3) is 6.08 Å². The average Bonchev–Trinajstić information content (AvgIpc) is 2.73. The molecule has 0 saturated carbocycles. The van der Waals surface area contributed by atoms with Crippen LogP contribution in [-0.2, 0) is 11.4 Å². The van der Waals surface area contributed by atoms with Gasteiger partial charge in [-0.1, -0.05) is 51.8 Å². The molecule has 1 N–H and O–H groups in total. The minimum absolute atomic E-state index is 0.230. The van der Waals surface area contributed by atoms with E-state index in [2.05, 4.69) is 37.2 Å². The SMILES string of the molecule is CCOc1cc(/C=C/C(=O)Nc2cccc(Br)c2)cc(Br)c1OCc1ccccc1Cl. The molecule has 0 atom stereocenters. The van der Waals surface area contributed by atoms with E-state index in [1.807, 2.05) is 67.6 Å². The molecular formula is C24H20Br2ClNO3. The lowest BCUT2D eigenvalue weighted by molar-refractivity contribution is -0.111. The van der Waals surface area contributed by atoms with Crippen LogP contribution in [-0.4, -0.2) is 12.5 Å². The Morgan fingerprint density at radius 2 is 1.87 bits per heavy atom. The van der Waals surface area contributed by atoms with E-state index in [1.165, 1.54) is 6.08 Å². The van der Waals surface area contributed by atoms with Crippen LogP contribution in [0.5, 0.6) is 11.5 Å². The van der Waals surface area contributed by atoms with E-state index < -0.39 is 0 Å². The van der Waals surface area contributed by atoms with Crippen molar-refractivity contribution >= 4 is 61.1 Å². The Morgan fingerprint density at radius 3 is 2.61 bits per heavy atom. The second kappa shape index (κ2) is 11.4. The fraction of sp³-hybridized carbons (Fsp3) is 0.125. The monoisotopic (exact) mass is 563 g/mol. The normalized spacial score (nSPS) is 10.8. The van der Waals surface area contributed by atoms with Crippen LogP contribution in [0.4, 0.5) is 5.69 Å². The van der Waals surface area contributed by atoms with Gasteiger partial charge in [-0.05, 0) is 70.9 Å². The van der Waals surface area contributed by atoms with Crippen molar-refractivity contribution in [3.63, 3.8) is 0 Å². The summed E-state index contributed by atoms with van der Waals surface area (Å²) in [5.74, 6) is 0.930. The van der Waals surface area contributed by atoms with E-state index in [-0.39, 0.29) is 5.91 Å². The Balaban J connectivity index is 1.75. The molecule has 0 spiro atoms. The maximum Gasteiger partial charge on any atom is 0.248 e. The first kappa shape index (κ1) is 23.4. The highest BCUT2D eigenvalue weighted by molar-refractivity contribution is 9.10. The van der Waals surface area contributed by atoms with Gasteiger partial charge in [-0.2, -0.15) is 0 Å². The Kier molecular flexibility index (Phi) is 8.58. The number of hydrogen-bond donors (Lipinski definition) is 1. The summed E-state index contributed by atoms with van der Waals surface area (Å²) in [6, 6.07) is 18.6. The van der Waals surface area contributed by atoms with Gasteiger partial charge in [0.05, 0.1) is 11.1 Å². The fourth-order valence-electron chi connectivity index (χ4n) is 2.77. The van der Waals surface area contributed by atoms with Crippen molar-refractivity contribution in [1.82, 2.24) is 0 Å². The van der Waals surface area contributed by atoms with Gasteiger partial charge in [0.15, 0.2) is 11.5 Å². The maximum atomic E-state index is 12.3. The minimum atomic E-state index is -0.230. The van der Waals surface area contributed by atoms with Crippen LogP contribution in [0.1, 0.15) is 18.1 Å². The third-order valence-corrected chi connectivity index (χ3v) is 5.63. The van der Waals surface area contributed by atoms with Crippen LogP contribution in [0.2, 0.25) is 5.02 Å². The molecular weight excluding hydrogens is 546 g/mol. The minimum Gasteiger partial charge on any atom is -0.490 e. The van der Waals surface area contributed by atoms with Gasteiger partial charge in [-0.15, -0.1) is 0 Å². The van der Waals surface area contributed by atoms with Gasteiger partial charge in [0.25, 0.3) is 0 Å². The molecule has 7 heteroatoms. The lowest BCUT2D eigenvalue weighted by atomic mass is 10.1. The van der Waals surface area contributed by atoms with E-state index in [1.54, 1.807) is 6.08 Å².